The first-order chi connectivity index (χ1) is 9.11. The van der Waals surface area contributed by atoms with Gasteiger partial charge in [0.15, 0.2) is 0 Å². The molecule has 2 aromatic rings. The van der Waals surface area contributed by atoms with Crippen molar-refractivity contribution < 1.29 is 9.13 Å². The summed E-state index contributed by atoms with van der Waals surface area (Å²) in [6.07, 6.45) is 0.306. The normalized spacial score (nSPS) is 10.7. The number of benzene rings is 1. The Bertz CT molecular complexity index is 595. The number of aromatic nitrogens is 2. The van der Waals surface area contributed by atoms with Gasteiger partial charge in [0.1, 0.15) is 16.8 Å². The maximum Gasteiger partial charge on any atom is 0.146 e. The second kappa shape index (κ2) is 6.58. The zero-order valence-corrected chi connectivity index (χ0v) is 13.1. The van der Waals surface area contributed by atoms with Crippen molar-refractivity contribution in [2.75, 3.05) is 7.11 Å². The summed E-state index contributed by atoms with van der Waals surface area (Å²) in [6, 6.07) is 6.56. The molecule has 0 atom stereocenters. The Hall–Kier alpha value is -0.790. The fourth-order valence-corrected chi connectivity index (χ4v) is 2.24. The molecule has 19 heavy (non-hydrogen) atoms. The minimum Gasteiger partial charge on any atom is -0.378 e. The molecule has 100 valence electrons. The number of nitrogens with zero attached hydrogens (tertiary/aromatic N) is 2. The average Bonchev–Trinajstić information content (AvgIpc) is 2.38. The second-order valence-corrected chi connectivity index (χ2v) is 5.33. The van der Waals surface area contributed by atoms with Crippen LogP contribution >= 0.6 is 34.2 Å². The molecular weight excluding hydrogens is 382 g/mol. The molecule has 0 N–H and O–H groups in total. The Kier molecular flexibility index (Phi) is 5.06. The van der Waals surface area contributed by atoms with Gasteiger partial charge in [0.25, 0.3) is 0 Å². The van der Waals surface area contributed by atoms with E-state index in [4.69, 9.17) is 16.3 Å². The smallest absolute Gasteiger partial charge is 0.146 e. The van der Waals surface area contributed by atoms with Gasteiger partial charge < -0.3 is 4.74 Å². The van der Waals surface area contributed by atoms with Gasteiger partial charge in [-0.15, -0.1) is 0 Å². The maximum atomic E-state index is 13.6. The molecule has 1 aromatic carbocycles. The van der Waals surface area contributed by atoms with Crippen LogP contribution in [0.2, 0.25) is 5.15 Å². The van der Waals surface area contributed by atoms with Gasteiger partial charge in [0, 0.05) is 13.5 Å². The van der Waals surface area contributed by atoms with E-state index < -0.39 is 0 Å². The zero-order valence-electron chi connectivity index (χ0n) is 10.2. The van der Waals surface area contributed by atoms with Gasteiger partial charge in [-0.05, 0) is 34.2 Å². The molecule has 0 unspecified atom stereocenters. The van der Waals surface area contributed by atoms with Crippen LogP contribution in [0.1, 0.15) is 17.1 Å². The van der Waals surface area contributed by atoms with E-state index in [2.05, 4.69) is 32.6 Å². The molecular formula is C13H11ClFIN2O. The van der Waals surface area contributed by atoms with E-state index >= 15 is 0 Å². The highest BCUT2D eigenvalue weighted by atomic mass is 127. The van der Waals surface area contributed by atoms with Gasteiger partial charge in [-0.25, -0.2) is 14.4 Å². The standard InChI is InChI=1S/C13H11ClFIN2O/c1-19-7-10-12(16)13(14)18-11(17-10)6-8-4-2-3-5-9(8)15/h2-5H,6-7H2,1H3. The summed E-state index contributed by atoms with van der Waals surface area (Å²) in [5.74, 6) is 0.219. The number of methoxy groups -OCH3 is 1. The number of rotatable bonds is 4. The molecule has 3 nitrogen and oxygen atoms in total. The Balaban J connectivity index is 2.33. The summed E-state index contributed by atoms with van der Waals surface area (Å²) >= 11 is 8.12. The Morgan fingerprint density at radius 1 is 1.32 bits per heavy atom. The lowest BCUT2D eigenvalue weighted by molar-refractivity contribution is 0.180. The third kappa shape index (κ3) is 3.61. The zero-order chi connectivity index (χ0) is 13.8. The molecule has 0 spiro atoms. The van der Waals surface area contributed by atoms with E-state index in [1.807, 2.05) is 0 Å². The van der Waals surface area contributed by atoms with Crippen LogP contribution in [0.5, 0.6) is 0 Å². The lowest BCUT2D eigenvalue weighted by atomic mass is 10.1. The predicted octanol–water partition coefficient (Wildman–Crippen LogP) is 3.61. The van der Waals surface area contributed by atoms with Crippen molar-refractivity contribution in [3.05, 3.63) is 55.9 Å². The van der Waals surface area contributed by atoms with Gasteiger partial charge >= 0.3 is 0 Å². The van der Waals surface area contributed by atoms with E-state index in [9.17, 15) is 4.39 Å². The number of ether oxygens (including phenoxy) is 1. The highest BCUT2D eigenvalue weighted by Crippen LogP contribution is 2.21. The van der Waals surface area contributed by atoms with E-state index in [0.717, 1.165) is 9.26 Å². The van der Waals surface area contributed by atoms with E-state index in [0.29, 0.717) is 29.6 Å². The average molecular weight is 393 g/mol. The Labute approximate surface area is 129 Å². The van der Waals surface area contributed by atoms with Crippen LogP contribution in [0.4, 0.5) is 4.39 Å². The van der Waals surface area contributed by atoms with E-state index in [1.54, 1.807) is 25.3 Å². The maximum absolute atomic E-state index is 13.6. The fraction of sp³-hybridized carbons (Fsp3) is 0.231. The van der Waals surface area contributed by atoms with Crippen molar-refractivity contribution >= 4 is 34.2 Å². The molecule has 0 fully saturated rings. The van der Waals surface area contributed by atoms with Crippen molar-refractivity contribution in [3.63, 3.8) is 0 Å². The molecule has 0 aliphatic rings. The first-order valence-corrected chi connectivity index (χ1v) is 7.00. The van der Waals surface area contributed by atoms with Crippen LogP contribution in [0.3, 0.4) is 0 Å². The molecule has 0 saturated carbocycles. The predicted molar refractivity (Wildman–Crippen MR) is 79.7 cm³/mol. The number of hydrogen-bond donors (Lipinski definition) is 0. The largest absolute Gasteiger partial charge is 0.378 e. The van der Waals surface area contributed by atoms with Gasteiger partial charge in [0.2, 0.25) is 0 Å². The lowest BCUT2D eigenvalue weighted by Gasteiger charge is -2.08. The van der Waals surface area contributed by atoms with Crippen LogP contribution in [0, 0.1) is 9.39 Å². The van der Waals surface area contributed by atoms with Crippen molar-refractivity contribution in [2.45, 2.75) is 13.0 Å². The van der Waals surface area contributed by atoms with Crippen molar-refractivity contribution in [2.24, 2.45) is 0 Å². The monoisotopic (exact) mass is 392 g/mol. The van der Waals surface area contributed by atoms with E-state index in [1.165, 1.54) is 6.07 Å². The minimum absolute atomic E-state index is 0.269. The molecule has 0 amide bonds. The first-order valence-electron chi connectivity index (χ1n) is 5.55. The SMILES string of the molecule is COCc1nc(Cc2ccccc2F)nc(Cl)c1I. The fourth-order valence-electron chi connectivity index (χ4n) is 1.63. The van der Waals surface area contributed by atoms with Crippen molar-refractivity contribution in [1.29, 1.82) is 0 Å². The van der Waals surface area contributed by atoms with Crippen LogP contribution in [-0.2, 0) is 17.8 Å². The van der Waals surface area contributed by atoms with Crippen molar-refractivity contribution in [3.8, 4) is 0 Å². The lowest BCUT2D eigenvalue weighted by Crippen LogP contribution is -2.06. The minimum atomic E-state index is -0.269. The van der Waals surface area contributed by atoms with Crippen LogP contribution in [0.25, 0.3) is 0 Å². The highest BCUT2D eigenvalue weighted by molar-refractivity contribution is 14.1. The van der Waals surface area contributed by atoms with Gasteiger partial charge in [-0.2, -0.15) is 0 Å². The summed E-state index contributed by atoms with van der Waals surface area (Å²) in [5.41, 5.74) is 1.26. The third-order valence-corrected chi connectivity index (χ3v) is 4.24. The Morgan fingerprint density at radius 2 is 2.05 bits per heavy atom. The molecule has 0 aliphatic carbocycles. The molecule has 2 rings (SSSR count). The van der Waals surface area contributed by atoms with Gasteiger partial charge in [0.05, 0.1) is 15.9 Å². The van der Waals surface area contributed by atoms with Crippen LogP contribution in [-0.4, -0.2) is 17.1 Å². The molecule has 0 aliphatic heterocycles. The summed E-state index contributed by atoms with van der Waals surface area (Å²) in [5, 5.41) is 0.369. The van der Waals surface area contributed by atoms with Gasteiger partial charge in [-0.3, -0.25) is 0 Å². The summed E-state index contributed by atoms with van der Waals surface area (Å²) in [6.45, 7) is 0.352. The molecule has 0 radical (unpaired) electrons. The number of halogens is 3. The van der Waals surface area contributed by atoms with Crippen LogP contribution in [0.15, 0.2) is 24.3 Å². The summed E-state index contributed by atoms with van der Waals surface area (Å²) < 4.78 is 19.4. The molecule has 0 saturated heterocycles. The van der Waals surface area contributed by atoms with Crippen molar-refractivity contribution in [1.82, 2.24) is 9.97 Å². The summed E-state index contributed by atoms with van der Waals surface area (Å²) in [4.78, 5) is 8.54. The van der Waals surface area contributed by atoms with E-state index in [-0.39, 0.29) is 5.82 Å². The first kappa shape index (κ1) is 14.6. The molecule has 0 bridgehead atoms. The molecule has 1 aromatic heterocycles. The second-order valence-electron chi connectivity index (χ2n) is 3.89. The quantitative estimate of drug-likeness (QED) is 0.589. The number of hydrogen-bond acceptors (Lipinski definition) is 3. The highest BCUT2D eigenvalue weighted by Gasteiger charge is 2.12. The molecule has 6 heteroatoms. The molecule has 1 heterocycles. The van der Waals surface area contributed by atoms with Gasteiger partial charge in [-0.1, -0.05) is 29.8 Å². The Morgan fingerprint density at radius 3 is 2.74 bits per heavy atom. The van der Waals surface area contributed by atoms with Crippen LogP contribution < -0.4 is 0 Å². The topological polar surface area (TPSA) is 35.0 Å². The third-order valence-electron chi connectivity index (χ3n) is 2.51. The summed E-state index contributed by atoms with van der Waals surface area (Å²) in [7, 11) is 1.59.